The largest absolute Gasteiger partial charge is 0.480 e. The van der Waals surface area contributed by atoms with E-state index in [1.54, 1.807) is 18.5 Å². The van der Waals surface area contributed by atoms with Gasteiger partial charge < -0.3 is 21.9 Å². The van der Waals surface area contributed by atoms with Gasteiger partial charge in [-0.15, -0.1) is 0 Å². The van der Waals surface area contributed by atoms with E-state index in [4.69, 9.17) is 22.0 Å². The molecule has 7 N–H and O–H groups in total. The molecule has 0 bridgehead atoms. The number of nitrogens with one attached hydrogen (secondary N) is 2. The molecule has 1 atom stereocenters. The molecule has 0 fully saturated rings. The maximum Gasteiger partial charge on any atom is 0.320 e. The fourth-order valence-corrected chi connectivity index (χ4v) is 7.23. The number of nitrogens with two attached hydrogens (primary N) is 2. The van der Waals surface area contributed by atoms with Crippen LogP contribution in [0.3, 0.4) is 0 Å². The molecule has 0 aliphatic carbocycles. The molecule has 0 aromatic rings. The molecule has 0 radical (unpaired) electrons. The molecular formula is C19H45N4O2P. The van der Waals surface area contributed by atoms with E-state index in [0.717, 1.165) is 0 Å². The van der Waals surface area contributed by atoms with Gasteiger partial charge >= 0.3 is 97.7 Å². The second kappa shape index (κ2) is 17.5. The van der Waals surface area contributed by atoms with Crippen LogP contribution < -0.4 is 16.8 Å². The number of hydrogen-bond acceptors (Lipinski definition) is 3. The number of carbonyl (C=O) groups is 1. The number of unbranched alkanes of at least 4 members (excludes halogenated alkanes) is 3. The first-order chi connectivity index (χ1) is 12.2. The number of carboxylic acid groups (broad SMARTS) is 1. The monoisotopic (exact) mass is 392 g/mol. The van der Waals surface area contributed by atoms with Crippen molar-refractivity contribution in [2.45, 2.75) is 78.2 Å². The van der Waals surface area contributed by atoms with Gasteiger partial charge in [-0.3, -0.25) is 10.2 Å². The average Bonchev–Trinajstić information content (AvgIpc) is 2.60. The van der Waals surface area contributed by atoms with Gasteiger partial charge in [-0.05, 0) is 12.8 Å². The Morgan fingerprint density at radius 1 is 1.04 bits per heavy atom. The molecule has 0 heterocycles. The molecule has 158 valence electrons. The van der Waals surface area contributed by atoms with Crippen LogP contribution in [0.25, 0.3) is 0 Å². The summed E-state index contributed by atoms with van der Waals surface area (Å²) < 4.78 is 0. The minimum atomic E-state index is -1.00. The molecule has 26 heavy (non-hydrogen) atoms. The Hall–Kier alpha value is -0.870. The Kier molecular flexibility index (Phi) is 18.4. The van der Waals surface area contributed by atoms with Gasteiger partial charge in [0.2, 0.25) is 0 Å². The fraction of sp³-hybridized carbons (Fsp3) is 0.895. The van der Waals surface area contributed by atoms with E-state index in [-0.39, 0.29) is 5.96 Å². The summed E-state index contributed by atoms with van der Waals surface area (Å²) in [6, 6.07) is -0.821. The van der Waals surface area contributed by atoms with Crippen LogP contribution in [0.15, 0.2) is 0 Å². The van der Waals surface area contributed by atoms with Crippen molar-refractivity contribution in [3.8, 4) is 0 Å². The van der Waals surface area contributed by atoms with Gasteiger partial charge in [-0.25, -0.2) is 0 Å². The van der Waals surface area contributed by atoms with Gasteiger partial charge in [-0.1, -0.05) is 0 Å². The third-order valence-corrected chi connectivity index (χ3v) is 9.41. The first-order valence-corrected chi connectivity index (χ1v) is 13.4. The van der Waals surface area contributed by atoms with Crippen molar-refractivity contribution in [1.82, 2.24) is 5.32 Å². The van der Waals surface area contributed by atoms with E-state index in [1.165, 1.54) is 38.5 Å². The van der Waals surface area contributed by atoms with Crippen LogP contribution in [0.4, 0.5) is 0 Å². The van der Waals surface area contributed by atoms with Gasteiger partial charge in [0.25, 0.3) is 0 Å². The van der Waals surface area contributed by atoms with Crippen molar-refractivity contribution in [3.05, 3.63) is 0 Å². The zero-order valence-corrected chi connectivity index (χ0v) is 18.6. The van der Waals surface area contributed by atoms with E-state index < -0.39 is 19.3 Å². The van der Waals surface area contributed by atoms with Gasteiger partial charge in [0, 0.05) is 6.54 Å². The predicted octanol–water partition coefficient (Wildman–Crippen LogP) is 3.43. The molecule has 0 aromatic carbocycles. The summed E-state index contributed by atoms with van der Waals surface area (Å²) in [4.78, 5) is 10.2. The Labute approximate surface area is 161 Å². The summed E-state index contributed by atoms with van der Waals surface area (Å²) in [7, 11) is -0.812. The van der Waals surface area contributed by atoms with E-state index >= 15 is 0 Å². The smallest absolute Gasteiger partial charge is 0.320 e. The maximum absolute atomic E-state index is 10.2. The molecule has 0 aromatic heterocycles. The number of rotatable bonds is 14. The second-order valence-electron chi connectivity index (χ2n) is 7.55. The molecule has 0 spiro atoms. The van der Waals surface area contributed by atoms with Gasteiger partial charge in [0.15, 0.2) is 5.96 Å². The van der Waals surface area contributed by atoms with E-state index in [2.05, 4.69) is 32.8 Å². The summed E-state index contributed by atoms with van der Waals surface area (Å²) in [6.07, 6.45) is 14.4. The quantitative estimate of drug-likeness (QED) is 0.134. The molecule has 7 heteroatoms. The van der Waals surface area contributed by atoms with Gasteiger partial charge in [-0.2, -0.15) is 0 Å². The van der Waals surface area contributed by atoms with Crippen molar-refractivity contribution in [2.75, 3.05) is 31.7 Å². The van der Waals surface area contributed by atoms with Gasteiger partial charge in [0.05, 0.1) is 0 Å². The van der Waals surface area contributed by atoms with E-state index in [0.29, 0.717) is 19.4 Å². The fourth-order valence-electron chi connectivity index (χ4n) is 2.85. The normalized spacial score (nSPS) is 12.7. The van der Waals surface area contributed by atoms with Crippen molar-refractivity contribution in [2.24, 2.45) is 11.5 Å². The second-order valence-corrected chi connectivity index (χ2v) is 12.7. The summed E-state index contributed by atoms with van der Waals surface area (Å²) in [5, 5.41) is 17.7. The topological polar surface area (TPSA) is 125 Å². The van der Waals surface area contributed by atoms with Crippen LogP contribution >= 0.6 is 7.26 Å². The maximum atomic E-state index is 10.2. The van der Waals surface area contributed by atoms with Crippen LogP contribution in [0.5, 0.6) is 0 Å². The van der Waals surface area contributed by atoms with Crippen LogP contribution in [-0.4, -0.2) is 54.8 Å². The molecule has 0 saturated heterocycles. The third-order valence-electron chi connectivity index (χ3n) is 4.73. The first kappa shape index (κ1) is 27.3. The standard InChI is InChI=1S/C13H31P.C6H14N4O2/c1-5-8-11-14(4,12-9-6-2)13-10-7-3;7-4(5(11)12)2-1-3-10-6(8)9/h14H,5-13H2,1-4H3;4H,1-3,7H2,(H,11,12)(H4,8,9,10). The molecule has 6 nitrogen and oxygen atoms in total. The van der Waals surface area contributed by atoms with Crippen LogP contribution in [-0.2, 0) is 4.79 Å². The third kappa shape index (κ3) is 17.9. The van der Waals surface area contributed by atoms with E-state index in [9.17, 15) is 4.79 Å². The summed E-state index contributed by atoms with van der Waals surface area (Å²) in [5.74, 6) is -1.11. The zero-order valence-electron chi connectivity index (χ0n) is 17.6. The molecular weight excluding hydrogens is 347 g/mol. The first-order valence-electron chi connectivity index (χ1n) is 10.3. The Bertz CT molecular complexity index is 346. The van der Waals surface area contributed by atoms with Crippen LogP contribution in [0.2, 0.25) is 0 Å². The Morgan fingerprint density at radius 3 is 1.77 bits per heavy atom. The predicted molar refractivity (Wildman–Crippen MR) is 118 cm³/mol. The van der Waals surface area contributed by atoms with Gasteiger partial charge in [0.1, 0.15) is 6.04 Å². The Balaban J connectivity index is 0. The summed E-state index contributed by atoms with van der Waals surface area (Å²) in [5.41, 5.74) is 10.2. The van der Waals surface area contributed by atoms with Crippen molar-refractivity contribution in [3.63, 3.8) is 0 Å². The zero-order chi connectivity index (χ0) is 20.4. The van der Waals surface area contributed by atoms with Crippen molar-refractivity contribution in [1.29, 1.82) is 5.41 Å². The van der Waals surface area contributed by atoms with E-state index in [1.807, 2.05) is 0 Å². The number of carboxylic acids is 1. The SMILES string of the molecule is CCCC[PH](C)(CCCC)CCCC.N=C(N)NCCCC(N)C(=O)O. The molecule has 0 aliphatic rings. The van der Waals surface area contributed by atoms with Crippen LogP contribution in [0.1, 0.15) is 72.1 Å². The summed E-state index contributed by atoms with van der Waals surface area (Å²) >= 11 is 0. The van der Waals surface area contributed by atoms with Crippen LogP contribution in [0, 0.1) is 5.41 Å². The molecule has 0 amide bonds. The number of hydrogen-bond donors (Lipinski definition) is 5. The minimum absolute atomic E-state index is 0.112. The minimum Gasteiger partial charge on any atom is -0.480 e. The summed E-state index contributed by atoms with van der Waals surface area (Å²) in [6.45, 7) is 10.1. The number of guanidine groups is 1. The Morgan fingerprint density at radius 2 is 1.46 bits per heavy atom. The van der Waals surface area contributed by atoms with Crippen molar-refractivity contribution < 1.29 is 9.90 Å². The molecule has 0 rings (SSSR count). The number of aliphatic carboxylic acids is 1. The molecule has 1 unspecified atom stereocenters. The molecule has 0 saturated carbocycles. The van der Waals surface area contributed by atoms with Crippen molar-refractivity contribution >= 4 is 19.2 Å². The average molecular weight is 393 g/mol. The molecule has 0 aliphatic heterocycles.